The van der Waals surface area contributed by atoms with Gasteiger partial charge in [0, 0.05) is 6.04 Å². The molecule has 3 atom stereocenters. The van der Waals surface area contributed by atoms with Gasteiger partial charge in [-0.15, -0.1) is 0 Å². The first-order valence-corrected chi connectivity index (χ1v) is 7.55. The topological polar surface area (TPSA) is 32.3 Å². The van der Waals surface area contributed by atoms with E-state index in [0.717, 1.165) is 19.4 Å². The van der Waals surface area contributed by atoms with Crippen LogP contribution in [0.2, 0.25) is 0 Å². The van der Waals surface area contributed by atoms with Crippen molar-refractivity contribution in [3.8, 4) is 0 Å². The zero-order valence-corrected chi connectivity index (χ0v) is 12.4. The van der Waals surface area contributed by atoms with Gasteiger partial charge in [0.15, 0.2) is 0 Å². The average Bonchev–Trinajstić information content (AvgIpc) is 2.39. The molecule has 1 saturated carbocycles. The highest BCUT2D eigenvalue weighted by atomic mass is 16.3. The Kier molecular flexibility index (Phi) is 5.00. The number of aliphatic hydroxyl groups excluding tert-OH is 1. The van der Waals surface area contributed by atoms with Crippen LogP contribution in [-0.4, -0.2) is 17.8 Å². The summed E-state index contributed by atoms with van der Waals surface area (Å²) in [4.78, 5) is 0. The normalized spacial score (nSPS) is 25.3. The minimum absolute atomic E-state index is 0.0726. The van der Waals surface area contributed by atoms with Gasteiger partial charge in [-0.1, -0.05) is 30.2 Å². The van der Waals surface area contributed by atoms with Crippen LogP contribution in [0.5, 0.6) is 0 Å². The Morgan fingerprint density at radius 1 is 1.32 bits per heavy atom. The van der Waals surface area contributed by atoms with Crippen LogP contribution in [0.25, 0.3) is 0 Å². The summed E-state index contributed by atoms with van der Waals surface area (Å²) in [6.07, 6.45) is 4.31. The number of aliphatic hydroxyl groups is 1. The Balaban J connectivity index is 1.90. The number of rotatable bonds is 4. The molecule has 2 heteroatoms. The molecule has 0 aromatic heterocycles. The van der Waals surface area contributed by atoms with Gasteiger partial charge in [-0.3, -0.25) is 0 Å². The maximum absolute atomic E-state index is 9.71. The maximum atomic E-state index is 9.71. The van der Waals surface area contributed by atoms with Gasteiger partial charge in [0.2, 0.25) is 0 Å². The molecule has 106 valence electrons. The molecular weight excluding hydrogens is 234 g/mol. The molecule has 0 spiro atoms. The minimum Gasteiger partial charge on any atom is -0.393 e. The summed E-state index contributed by atoms with van der Waals surface area (Å²) in [6.45, 7) is 7.58. The summed E-state index contributed by atoms with van der Waals surface area (Å²) in [5.74, 6) is 0.635. The lowest BCUT2D eigenvalue weighted by atomic mass is 9.87. The lowest BCUT2D eigenvalue weighted by Gasteiger charge is -2.27. The Morgan fingerprint density at radius 2 is 2.11 bits per heavy atom. The molecule has 1 fully saturated rings. The lowest BCUT2D eigenvalue weighted by molar-refractivity contribution is 0.0998. The van der Waals surface area contributed by atoms with Crippen molar-refractivity contribution >= 4 is 0 Å². The minimum atomic E-state index is -0.0726. The van der Waals surface area contributed by atoms with Crippen LogP contribution in [0.15, 0.2) is 18.2 Å². The predicted molar refractivity (Wildman–Crippen MR) is 80.3 cm³/mol. The van der Waals surface area contributed by atoms with E-state index in [-0.39, 0.29) is 6.10 Å². The van der Waals surface area contributed by atoms with Crippen LogP contribution in [0.4, 0.5) is 0 Å². The summed E-state index contributed by atoms with van der Waals surface area (Å²) in [5.41, 5.74) is 4.08. The zero-order valence-electron chi connectivity index (χ0n) is 12.4. The zero-order chi connectivity index (χ0) is 13.8. The fourth-order valence-electron chi connectivity index (χ4n) is 3.13. The van der Waals surface area contributed by atoms with Gasteiger partial charge in [0.05, 0.1) is 6.10 Å². The second-order valence-electron chi connectivity index (χ2n) is 6.18. The molecule has 0 bridgehead atoms. The van der Waals surface area contributed by atoms with Gasteiger partial charge >= 0.3 is 0 Å². The third kappa shape index (κ3) is 4.05. The Bertz CT molecular complexity index is 416. The lowest BCUT2D eigenvalue weighted by Crippen LogP contribution is -2.31. The van der Waals surface area contributed by atoms with Gasteiger partial charge in [0.1, 0.15) is 0 Å². The van der Waals surface area contributed by atoms with Crippen LogP contribution < -0.4 is 5.32 Å². The summed E-state index contributed by atoms with van der Waals surface area (Å²) in [7, 11) is 0. The van der Waals surface area contributed by atoms with E-state index in [4.69, 9.17) is 0 Å². The maximum Gasteiger partial charge on any atom is 0.0543 e. The molecule has 0 amide bonds. The van der Waals surface area contributed by atoms with E-state index < -0.39 is 0 Å². The van der Waals surface area contributed by atoms with E-state index in [0.29, 0.717) is 12.0 Å². The van der Waals surface area contributed by atoms with Crippen molar-refractivity contribution in [2.24, 2.45) is 5.92 Å². The predicted octanol–water partition coefficient (Wildman–Crippen LogP) is 3.51. The summed E-state index contributed by atoms with van der Waals surface area (Å²) in [6, 6.07) is 7.04. The van der Waals surface area contributed by atoms with Crippen LogP contribution in [0.3, 0.4) is 0 Å². The van der Waals surface area contributed by atoms with Gasteiger partial charge in [-0.2, -0.15) is 0 Å². The number of nitrogens with one attached hydrogen (secondary N) is 1. The third-order valence-electron chi connectivity index (χ3n) is 4.37. The van der Waals surface area contributed by atoms with Crippen molar-refractivity contribution in [2.45, 2.75) is 58.6 Å². The summed E-state index contributed by atoms with van der Waals surface area (Å²) >= 11 is 0. The van der Waals surface area contributed by atoms with E-state index in [1.54, 1.807) is 0 Å². The smallest absolute Gasteiger partial charge is 0.0543 e. The highest BCUT2D eigenvalue weighted by Crippen LogP contribution is 2.25. The van der Waals surface area contributed by atoms with Crippen molar-refractivity contribution < 1.29 is 5.11 Å². The van der Waals surface area contributed by atoms with E-state index in [9.17, 15) is 5.11 Å². The first kappa shape index (κ1) is 14.5. The van der Waals surface area contributed by atoms with E-state index >= 15 is 0 Å². The highest BCUT2D eigenvalue weighted by Gasteiger charge is 2.20. The SMILES string of the molecule is Cc1ccc(C)c(C(C)NCC2CCCC(O)C2)c1. The van der Waals surface area contributed by atoms with Gasteiger partial charge in [0.25, 0.3) is 0 Å². The first-order valence-electron chi connectivity index (χ1n) is 7.55. The highest BCUT2D eigenvalue weighted by molar-refractivity contribution is 5.32. The second-order valence-corrected chi connectivity index (χ2v) is 6.18. The number of hydrogen-bond acceptors (Lipinski definition) is 2. The molecule has 0 saturated heterocycles. The van der Waals surface area contributed by atoms with Crippen LogP contribution >= 0.6 is 0 Å². The van der Waals surface area contributed by atoms with E-state index in [1.165, 1.54) is 29.5 Å². The largest absolute Gasteiger partial charge is 0.393 e. The molecule has 1 aliphatic carbocycles. The molecule has 1 aliphatic rings. The number of benzene rings is 1. The summed E-state index contributed by atoms with van der Waals surface area (Å²) in [5, 5.41) is 13.4. The molecule has 1 aromatic carbocycles. The van der Waals surface area contributed by atoms with E-state index in [1.807, 2.05) is 0 Å². The fraction of sp³-hybridized carbons (Fsp3) is 0.647. The molecule has 0 radical (unpaired) electrons. The molecule has 19 heavy (non-hydrogen) atoms. The molecule has 2 rings (SSSR count). The first-order chi connectivity index (χ1) is 9.06. The Hall–Kier alpha value is -0.860. The van der Waals surface area contributed by atoms with Crippen molar-refractivity contribution in [3.63, 3.8) is 0 Å². The molecule has 0 heterocycles. The Labute approximate surface area is 117 Å². The van der Waals surface area contributed by atoms with Gasteiger partial charge < -0.3 is 10.4 Å². The molecule has 0 aliphatic heterocycles. The monoisotopic (exact) mass is 261 g/mol. The van der Waals surface area contributed by atoms with Crippen molar-refractivity contribution in [2.75, 3.05) is 6.54 Å². The quantitative estimate of drug-likeness (QED) is 0.869. The third-order valence-corrected chi connectivity index (χ3v) is 4.37. The second kappa shape index (κ2) is 6.53. The van der Waals surface area contributed by atoms with Crippen molar-refractivity contribution in [3.05, 3.63) is 34.9 Å². The molecule has 2 N–H and O–H groups in total. The standard InChI is InChI=1S/C17H27NO/c1-12-7-8-13(2)17(9-12)14(3)18-11-15-5-4-6-16(19)10-15/h7-9,14-16,18-19H,4-6,10-11H2,1-3H3. The van der Waals surface area contributed by atoms with E-state index in [2.05, 4.69) is 44.3 Å². The van der Waals surface area contributed by atoms with Crippen LogP contribution in [-0.2, 0) is 0 Å². The van der Waals surface area contributed by atoms with Crippen molar-refractivity contribution in [1.82, 2.24) is 5.32 Å². The number of aryl methyl sites for hydroxylation is 2. The Morgan fingerprint density at radius 3 is 2.84 bits per heavy atom. The van der Waals surface area contributed by atoms with Crippen LogP contribution in [0.1, 0.15) is 55.3 Å². The molecule has 3 unspecified atom stereocenters. The molecule has 2 nitrogen and oxygen atoms in total. The number of hydrogen-bond donors (Lipinski definition) is 2. The van der Waals surface area contributed by atoms with Crippen molar-refractivity contribution in [1.29, 1.82) is 0 Å². The summed E-state index contributed by atoms with van der Waals surface area (Å²) < 4.78 is 0. The average molecular weight is 261 g/mol. The molecule has 1 aromatic rings. The van der Waals surface area contributed by atoms with Gasteiger partial charge in [-0.25, -0.2) is 0 Å². The van der Waals surface area contributed by atoms with Crippen LogP contribution in [0, 0.1) is 19.8 Å². The fourth-order valence-corrected chi connectivity index (χ4v) is 3.13. The molecular formula is C17H27NO. The van der Waals surface area contributed by atoms with Gasteiger partial charge in [-0.05, 0) is 63.6 Å².